The number of alkyl carbamates (subject to hydrolysis) is 1. The van der Waals surface area contributed by atoms with Crippen molar-refractivity contribution in [3.05, 3.63) is 71.8 Å². The number of rotatable bonds is 14. The third-order valence-corrected chi connectivity index (χ3v) is 7.67. The van der Waals surface area contributed by atoms with Crippen LogP contribution in [0, 0.1) is 0 Å². The SMILES string of the molecule is CCC(C)(C)NC(=O)[C@@H]1CCCN1C(=O)[C@@H](O)[C@H](Cc1ccccc1)NC(=O)[C@H](CC(N)=O)NC(=O)OCc1ccccc1. The van der Waals surface area contributed by atoms with Crippen molar-refractivity contribution < 1.29 is 33.8 Å². The molecule has 0 unspecified atom stereocenters. The van der Waals surface area contributed by atoms with Crippen LogP contribution in [-0.4, -0.2) is 76.0 Å². The Morgan fingerprint density at radius 3 is 2.20 bits per heavy atom. The van der Waals surface area contributed by atoms with E-state index in [9.17, 15) is 29.1 Å². The lowest BCUT2D eigenvalue weighted by Crippen LogP contribution is -2.59. The Balaban J connectivity index is 1.76. The Morgan fingerprint density at radius 2 is 1.61 bits per heavy atom. The Labute approximate surface area is 257 Å². The van der Waals surface area contributed by atoms with Crippen LogP contribution < -0.4 is 21.7 Å². The molecule has 4 atom stereocenters. The minimum atomic E-state index is -1.73. The van der Waals surface area contributed by atoms with Gasteiger partial charge in [0.05, 0.1) is 12.5 Å². The van der Waals surface area contributed by atoms with Crippen LogP contribution in [0.4, 0.5) is 4.79 Å². The minimum Gasteiger partial charge on any atom is -0.445 e. The average Bonchev–Trinajstić information content (AvgIpc) is 3.50. The second kappa shape index (κ2) is 15.9. The number of amides is 5. The van der Waals surface area contributed by atoms with Gasteiger partial charge < -0.3 is 36.4 Å². The molecule has 0 saturated carbocycles. The summed E-state index contributed by atoms with van der Waals surface area (Å²) in [6.07, 6.45) is -1.47. The molecular formula is C32H43N5O7. The van der Waals surface area contributed by atoms with E-state index >= 15 is 0 Å². The third kappa shape index (κ3) is 10.1. The van der Waals surface area contributed by atoms with E-state index < -0.39 is 60.0 Å². The summed E-state index contributed by atoms with van der Waals surface area (Å²) < 4.78 is 5.19. The summed E-state index contributed by atoms with van der Waals surface area (Å²) in [5.74, 6) is -2.71. The Bertz CT molecular complexity index is 1290. The first-order valence-corrected chi connectivity index (χ1v) is 14.8. The average molecular weight is 610 g/mol. The van der Waals surface area contributed by atoms with E-state index in [1.807, 2.05) is 26.8 Å². The summed E-state index contributed by atoms with van der Waals surface area (Å²) in [6, 6.07) is 14.4. The molecule has 1 heterocycles. The first-order chi connectivity index (χ1) is 20.9. The first-order valence-electron chi connectivity index (χ1n) is 14.8. The van der Waals surface area contributed by atoms with Gasteiger partial charge in [-0.15, -0.1) is 0 Å². The van der Waals surface area contributed by atoms with Crippen molar-refractivity contribution in [1.29, 1.82) is 0 Å². The number of carbonyl (C=O) groups is 5. The fourth-order valence-corrected chi connectivity index (χ4v) is 4.86. The second-order valence-electron chi connectivity index (χ2n) is 11.6. The maximum atomic E-state index is 13.6. The number of likely N-dealkylation sites (tertiary alicyclic amines) is 1. The van der Waals surface area contributed by atoms with Gasteiger partial charge in [0.2, 0.25) is 17.7 Å². The summed E-state index contributed by atoms with van der Waals surface area (Å²) in [7, 11) is 0. The van der Waals surface area contributed by atoms with Crippen LogP contribution in [0.5, 0.6) is 0 Å². The van der Waals surface area contributed by atoms with Crippen LogP contribution in [-0.2, 0) is 36.9 Å². The number of nitrogens with one attached hydrogen (secondary N) is 3. The predicted octanol–water partition coefficient (Wildman–Crippen LogP) is 1.54. The van der Waals surface area contributed by atoms with Crippen molar-refractivity contribution in [2.24, 2.45) is 5.73 Å². The Morgan fingerprint density at radius 1 is 1.00 bits per heavy atom. The van der Waals surface area contributed by atoms with Crippen LogP contribution in [0.2, 0.25) is 0 Å². The number of aliphatic hydroxyl groups excluding tert-OH is 1. The summed E-state index contributed by atoms with van der Waals surface area (Å²) in [4.78, 5) is 65.8. The molecule has 0 spiro atoms. The van der Waals surface area contributed by atoms with Gasteiger partial charge in [-0.2, -0.15) is 0 Å². The van der Waals surface area contributed by atoms with Crippen LogP contribution >= 0.6 is 0 Å². The highest BCUT2D eigenvalue weighted by Crippen LogP contribution is 2.22. The van der Waals surface area contributed by atoms with Crippen LogP contribution in [0.1, 0.15) is 57.6 Å². The summed E-state index contributed by atoms with van der Waals surface area (Å²) in [5.41, 5.74) is 6.32. The van der Waals surface area contributed by atoms with E-state index in [0.29, 0.717) is 24.8 Å². The van der Waals surface area contributed by atoms with Crippen molar-refractivity contribution in [3.63, 3.8) is 0 Å². The smallest absolute Gasteiger partial charge is 0.408 e. The van der Waals surface area contributed by atoms with Gasteiger partial charge in [-0.3, -0.25) is 19.2 Å². The third-order valence-electron chi connectivity index (χ3n) is 7.67. The van der Waals surface area contributed by atoms with Gasteiger partial charge in [0.15, 0.2) is 6.10 Å². The maximum Gasteiger partial charge on any atom is 0.408 e. The van der Waals surface area contributed by atoms with Gasteiger partial charge in [0.1, 0.15) is 18.7 Å². The molecule has 1 aliphatic heterocycles. The molecule has 238 valence electrons. The summed E-state index contributed by atoms with van der Waals surface area (Å²) in [5, 5.41) is 19.3. The summed E-state index contributed by atoms with van der Waals surface area (Å²) in [6.45, 7) is 5.93. The second-order valence-corrected chi connectivity index (χ2v) is 11.6. The zero-order valence-corrected chi connectivity index (χ0v) is 25.5. The molecule has 12 heteroatoms. The van der Waals surface area contributed by atoms with E-state index in [1.54, 1.807) is 54.6 Å². The van der Waals surface area contributed by atoms with E-state index in [1.165, 1.54) is 4.90 Å². The van der Waals surface area contributed by atoms with Crippen LogP contribution in [0.15, 0.2) is 60.7 Å². The molecular weight excluding hydrogens is 566 g/mol. The number of hydrogen-bond donors (Lipinski definition) is 5. The lowest BCUT2D eigenvalue weighted by molar-refractivity contribution is -0.147. The fourth-order valence-electron chi connectivity index (χ4n) is 4.86. The molecule has 2 aromatic rings. The number of hydrogen-bond acceptors (Lipinski definition) is 7. The molecule has 2 aromatic carbocycles. The molecule has 0 radical (unpaired) electrons. The topological polar surface area (TPSA) is 180 Å². The Hall–Kier alpha value is -4.45. The predicted molar refractivity (Wildman–Crippen MR) is 163 cm³/mol. The van der Waals surface area contributed by atoms with Crippen molar-refractivity contribution in [2.75, 3.05) is 6.54 Å². The molecule has 0 aromatic heterocycles. The fraction of sp³-hybridized carbons (Fsp3) is 0.469. The lowest BCUT2D eigenvalue weighted by atomic mass is 9.98. The van der Waals surface area contributed by atoms with Crippen molar-refractivity contribution in [3.8, 4) is 0 Å². The molecule has 6 N–H and O–H groups in total. The minimum absolute atomic E-state index is 0.0504. The molecule has 1 saturated heterocycles. The van der Waals surface area contributed by atoms with Crippen LogP contribution in [0.3, 0.4) is 0 Å². The molecule has 0 aliphatic carbocycles. The number of nitrogens with two attached hydrogens (primary N) is 1. The number of aliphatic hydroxyl groups is 1. The zero-order valence-electron chi connectivity index (χ0n) is 25.5. The quantitative estimate of drug-likeness (QED) is 0.215. The summed E-state index contributed by atoms with van der Waals surface area (Å²) >= 11 is 0. The lowest BCUT2D eigenvalue weighted by Gasteiger charge is -2.33. The number of nitrogens with zero attached hydrogens (tertiary/aromatic N) is 1. The van der Waals surface area contributed by atoms with Crippen LogP contribution in [0.25, 0.3) is 0 Å². The van der Waals surface area contributed by atoms with Crippen molar-refractivity contribution >= 4 is 29.7 Å². The number of carbonyl (C=O) groups excluding carboxylic acids is 5. The van der Waals surface area contributed by atoms with E-state index in [-0.39, 0.29) is 25.5 Å². The molecule has 1 fully saturated rings. The van der Waals surface area contributed by atoms with E-state index in [4.69, 9.17) is 10.5 Å². The highest BCUT2D eigenvalue weighted by Gasteiger charge is 2.41. The van der Waals surface area contributed by atoms with Crippen molar-refractivity contribution in [2.45, 2.75) is 89.3 Å². The number of benzene rings is 2. The number of ether oxygens (including phenoxy) is 1. The van der Waals surface area contributed by atoms with Gasteiger partial charge >= 0.3 is 6.09 Å². The molecule has 1 aliphatic rings. The van der Waals surface area contributed by atoms with Gasteiger partial charge in [0.25, 0.3) is 5.91 Å². The van der Waals surface area contributed by atoms with Crippen molar-refractivity contribution in [1.82, 2.24) is 20.9 Å². The highest BCUT2D eigenvalue weighted by atomic mass is 16.5. The van der Waals surface area contributed by atoms with Gasteiger partial charge in [-0.25, -0.2) is 4.79 Å². The maximum absolute atomic E-state index is 13.6. The van der Waals surface area contributed by atoms with E-state index in [0.717, 1.165) is 5.56 Å². The zero-order chi connectivity index (χ0) is 32.3. The van der Waals surface area contributed by atoms with Gasteiger partial charge in [0, 0.05) is 12.1 Å². The highest BCUT2D eigenvalue weighted by molar-refractivity contribution is 5.93. The first kappa shape index (κ1) is 34.0. The largest absolute Gasteiger partial charge is 0.445 e. The molecule has 3 rings (SSSR count). The molecule has 0 bridgehead atoms. The normalized spacial score (nSPS) is 16.7. The monoisotopic (exact) mass is 609 g/mol. The van der Waals surface area contributed by atoms with E-state index in [2.05, 4.69) is 16.0 Å². The van der Waals surface area contributed by atoms with Gasteiger partial charge in [-0.1, -0.05) is 67.6 Å². The molecule has 44 heavy (non-hydrogen) atoms. The number of primary amides is 1. The van der Waals surface area contributed by atoms with Gasteiger partial charge in [-0.05, 0) is 50.7 Å². The molecule has 5 amide bonds. The standard InChI is InChI=1S/C32H43N5O7/c1-4-32(2,3)36-29(41)25-16-11-17-37(25)30(42)27(39)23(18-21-12-7-5-8-13-21)34-28(40)24(19-26(33)38)35-31(43)44-20-22-14-9-6-10-15-22/h5-10,12-15,23-25,27,39H,4,11,16-20H2,1-3H3,(H2,33,38)(H,34,40)(H,35,43)(H,36,41)/t23-,24-,25-,27-/m0/s1. The molecule has 12 nitrogen and oxygen atoms in total. The Kier molecular flexibility index (Phi) is 12.3.